The van der Waals surface area contributed by atoms with Crippen LogP contribution in [0.5, 0.6) is 17.2 Å². The minimum absolute atomic E-state index is 0.00852. The van der Waals surface area contributed by atoms with Gasteiger partial charge in [0.1, 0.15) is 18.0 Å². The van der Waals surface area contributed by atoms with E-state index in [1.54, 1.807) is 36.4 Å². The summed E-state index contributed by atoms with van der Waals surface area (Å²) in [5.41, 5.74) is 0.966. The number of hydrogen-bond acceptors (Lipinski definition) is 6. The largest absolute Gasteiger partial charge is 0.495 e. The summed E-state index contributed by atoms with van der Waals surface area (Å²) >= 11 is 6.44. The van der Waals surface area contributed by atoms with E-state index in [1.165, 1.54) is 13.2 Å². The number of nitrogens with one attached hydrogen (secondary N) is 2. The van der Waals surface area contributed by atoms with Gasteiger partial charge in [-0.05, 0) is 56.2 Å². The number of ether oxygens (including phenoxy) is 3. The Balaban J connectivity index is 1.78. The Hall–Kier alpha value is -3.72. The fourth-order valence-corrected chi connectivity index (χ4v) is 3.56. The molecule has 9 nitrogen and oxygen atoms in total. The summed E-state index contributed by atoms with van der Waals surface area (Å²) in [5, 5.41) is 5.46. The molecule has 2 N–H and O–H groups in total. The number of hydrogen-bond donors (Lipinski definition) is 2. The number of imide groups is 1. The van der Waals surface area contributed by atoms with Crippen molar-refractivity contribution in [3.8, 4) is 17.2 Å². The van der Waals surface area contributed by atoms with Crippen molar-refractivity contribution in [1.82, 2.24) is 10.2 Å². The van der Waals surface area contributed by atoms with E-state index in [-0.39, 0.29) is 11.8 Å². The van der Waals surface area contributed by atoms with Crippen molar-refractivity contribution in [2.24, 2.45) is 0 Å². The summed E-state index contributed by atoms with van der Waals surface area (Å²) in [6.45, 7) is 5.67. The molecule has 10 heteroatoms. The molecule has 0 bridgehead atoms. The molecule has 3 rings (SSSR count). The standard InChI is InChI=1S/C25H28ClN3O6/c1-5-15(3)35-23-17(26)11-16(13-21(23)34-6-2)12-19-24(31)29(25(32)28-19)14-22(30)27-18-9-7-8-10-20(18)33-4/h7-13,15H,5-6,14H2,1-4H3,(H,27,30)(H,28,32)/b19-12+/t15-/m1/s1. The van der Waals surface area contributed by atoms with Crippen LogP contribution in [0, 0.1) is 0 Å². The molecule has 2 aromatic carbocycles. The molecule has 1 fully saturated rings. The molecule has 0 spiro atoms. The van der Waals surface area contributed by atoms with Crippen molar-refractivity contribution < 1.29 is 28.6 Å². The van der Waals surface area contributed by atoms with Gasteiger partial charge in [0.05, 0.1) is 30.5 Å². The molecule has 1 saturated heterocycles. The monoisotopic (exact) mass is 501 g/mol. The lowest BCUT2D eigenvalue weighted by molar-refractivity contribution is -0.127. The zero-order chi connectivity index (χ0) is 25.5. The van der Waals surface area contributed by atoms with Gasteiger partial charge in [-0.25, -0.2) is 9.69 Å². The smallest absolute Gasteiger partial charge is 0.329 e. The molecule has 0 unspecified atom stereocenters. The quantitative estimate of drug-likeness (QED) is 0.368. The van der Waals surface area contributed by atoms with Crippen LogP contribution in [-0.4, -0.2) is 49.1 Å². The average molecular weight is 502 g/mol. The molecule has 0 saturated carbocycles. The number of benzene rings is 2. The van der Waals surface area contributed by atoms with Crippen molar-refractivity contribution in [2.75, 3.05) is 25.6 Å². The predicted octanol–water partition coefficient (Wildman–Crippen LogP) is 4.46. The van der Waals surface area contributed by atoms with E-state index in [1.807, 2.05) is 20.8 Å². The van der Waals surface area contributed by atoms with Crippen LogP contribution < -0.4 is 24.8 Å². The fourth-order valence-electron chi connectivity index (χ4n) is 3.30. The summed E-state index contributed by atoms with van der Waals surface area (Å²) in [5.74, 6) is 0.117. The summed E-state index contributed by atoms with van der Waals surface area (Å²) in [6, 6.07) is 9.42. The zero-order valence-electron chi connectivity index (χ0n) is 20.0. The lowest BCUT2D eigenvalue weighted by Gasteiger charge is -2.18. The summed E-state index contributed by atoms with van der Waals surface area (Å²) < 4.78 is 16.8. The number of anilines is 1. The van der Waals surface area contributed by atoms with Gasteiger partial charge in [0.25, 0.3) is 5.91 Å². The molecule has 0 aliphatic carbocycles. The van der Waals surface area contributed by atoms with Gasteiger partial charge in [0.2, 0.25) is 5.91 Å². The second-order valence-electron chi connectivity index (χ2n) is 7.73. The number of carbonyl (C=O) groups excluding carboxylic acids is 3. The first kappa shape index (κ1) is 25.9. The second kappa shape index (κ2) is 11.6. The molecule has 0 aromatic heterocycles. The Kier molecular flexibility index (Phi) is 8.59. The van der Waals surface area contributed by atoms with E-state index in [2.05, 4.69) is 10.6 Å². The van der Waals surface area contributed by atoms with Crippen LogP contribution in [0.1, 0.15) is 32.8 Å². The van der Waals surface area contributed by atoms with Gasteiger partial charge in [-0.2, -0.15) is 0 Å². The predicted molar refractivity (Wildman–Crippen MR) is 133 cm³/mol. The minimum Gasteiger partial charge on any atom is -0.495 e. The molecule has 4 amide bonds. The molecule has 1 atom stereocenters. The van der Waals surface area contributed by atoms with Gasteiger partial charge >= 0.3 is 6.03 Å². The summed E-state index contributed by atoms with van der Waals surface area (Å²) in [6.07, 6.45) is 2.19. The number of methoxy groups -OCH3 is 1. The Labute approximate surface area is 209 Å². The second-order valence-corrected chi connectivity index (χ2v) is 8.13. The maximum atomic E-state index is 12.9. The lowest BCUT2D eigenvalue weighted by Crippen LogP contribution is -2.38. The first-order valence-corrected chi connectivity index (χ1v) is 11.6. The first-order chi connectivity index (χ1) is 16.8. The van der Waals surface area contributed by atoms with Gasteiger partial charge in [0, 0.05) is 0 Å². The van der Waals surface area contributed by atoms with Gasteiger partial charge in [-0.15, -0.1) is 0 Å². The third kappa shape index (κ3) is 6.24. The molecular formula is C25H28ClN3O6. The maximum absolute atomic E-state index is 12.9. The average Bonchev–Trinajstić information content (AvgIpc) is 3.08. The number of halogens is 1. The van der Waals surface area contributed by atoms with Gasteiger partial charge in [-0.3, -0.25) is 9.59 Å². The molecule has 1 aliphatic rings. The number of carbonyl (C=O) groups is 3. The minimum atomic E-state index is -0.704. The van der Waals surface area contributed by atoms with Crippen LogP contribution in [0.2, 0.25) is 5.02 Å². The number of rotatable bonds is 10. The first-order valence-electron chi connectivity index (χ1n) is 11.2. The van der Waals surface area contributed by atoms with Crippen LogP contribution in [0.25, 0.3) is 6.08 Å². The zero-order valence-corrected chi connectivity index (χ0v) is 20.8. The molecule has 2 aromatic rings. The van der Waals surface area contributed by atoms with Gasteiger partial charge < -0.3 is 24.8 Å². The lowest BCUT2D eigenvalue weighted by atomic mass is 10.1. The summed E-state index contributed by atoms with van der Waals surface area (Å²) in [7, 11) is 1.48. The van der Waals surface area contributed by atoms with E-state index in [4.69, 9.17) is 25.8 Å². The van der Waals surface area contributed by atoms with Crippen LogP contribution in [-0.2, 0) is 9.59 Å². The van der Waals surface area contributed by atoms with Crippen LogP contribution >= 0.6 is 11.6 Å². The van der Waals surface area contributed by atoms with E-state index in [9.17, 15) is 14.4 Å². The molecule has 1 heterocycles. The van der Waals surface area contributed by atoms with Gasteiger partial charge in [0.15, 0.2) is 11.5 Å². The Morgan fingerprint density at radius 1 is 1.20 bits per heavy atom. The Bertz CT molecular complexity index is 1150. The highest BCUT2D eigenvalue weighted by molar-refractivity contribution is 6.32. The normalized spacial score (nSPS) is 15.1. The molecule has 35 heavy (non-hydrogen) atoms. The van der Waals surface area contributed by atoms with E-state index < -0.39 is 24.4 Å². The van der Waals surface area contributed by atoms with E-state index >= 15 is 0 Å². The van der Waals surface area contributed by atoms with Crippen molar-refractivity contribution >= 4 is 41.2 Å². The van der Waals surface area contributed by atoms with Crippen molar-refractivity contribution in [3.05, 3.63) is 52.7 Å². The van der Waals surface area contributed by atoms with Crippen LogP contribution in [0.15, 0.2) is 42.1 Å². The maximum Gasteiger partial charge on any atom is 0.329 e. The van der Waals surface area contributed by atoms with Crippen LogP contribution in [0.3, 0.4) is 0 Å². The van der Waals surface area contributed by atoms with E-state index in [0.29, 0.717) is 40.1 Å². The Morgan fingerprint density at radius 3 is 2.63 bits per heavy atom. The van der Waals surface area contributed by atoms with Crippen LogP contribution in [0.4, 0.5) is 10.5 Å². The molecular weight excluding hydrogens is 474 g/mol. The van der Waals surface area contributed by atoms with Gasteiger partial charge in [-0.1, -0.05) is 30.7 Å². The third-order valence-electron chi connectivity index (χ3n) is 5.18. The Morgan fingerprint density at radius 2 is 1.94 bits per heavy atom. The molecule has 0 radical (unpaired) electrons. The number of para-hydroxylation sites is 2. The van der Waals surface area contributed by atoms with Crippen molar-refractivity contribution in [1.29, 1.82) is 0 Å². The molecule has 186 valence electrons. The van der Waals surface area contributed by atoms with Crippen molar-refractivity contribution in [2.45, 2.75) is 33.3 Å². The topological polar surface area (TPSA) is 106 Å². The number of urea groups is 1. The summed E-state index contributed by atoms with van der Waals surface area (Å²) in [4.78, 5) is 38.6. The SMILES string of the molecule is CCOc1cc(/C=C2/NC(=O)N(CC(=O)Nc3ccccc3OC)C2=O)cc(Cl)c1O[C@H](C)CC. The number of nitrogens with zero attached hydrogens (tertiary/aromatic N) is 1. The number of amides is 4. The highest BCUT2D eigenvalue weighted by Crippen LogP contribution is 2.38. The van der Waals surface area contributed by atoms with E-state index in [0.717, 1.165) is 11.3 Å². The van der Waals surface area contributed by atoms with Crippen molar-refractivity contribution in [3.63, 3.8) is 0 Å². The molecule has 1 aliphatic heterocycles. The highest BCUT2D eigenvalue weighted by atomic mass is 35.5. The third-order valence-corrected chi connectivity index (χ3v) is 5.46. The highest BCUT2D eigenvalue weighted by Gasteiger charge is 2.35. The fraction of sp³-hybridized carbons (Fsp3) is 0.320.